The van der Waals surface area contributed by atoms with E-state index in [-0.39, 0.29) is 0 Å². The molecule has 0 aromatic heterocycles. The van der Waals surface area contributed by atoms with Crippen LogP contribution < -0.4 is 45.2 Å². The second-order valence-corrected chi connectivity index (χ2v) is 7.12. The average Bonchev–Trinajstić information content (AvgIpc) is 2.81. The van der Waals surface area contributed by atoms with E-state index in [2.05, 4.69) is 21.5 Å². The van der Waals surface area contributed by atoms with E-state index < -0.39 is 0 Å². The number of benzene rings is 2. The first-order chi connectivity index (χ1) is 15.4. The van der Waals surface area contributed by atoms with Crippen molar-refractivity contribution in [3.05, 3.63) is 35.9 Å². The van der Waals surface area contributed by atoms with Crippen LogP contribution in [0.2, 0.25) is 0 Å². The van der Waals surface area contributed by atoms with Gasteiger partial charge in [-0.25, -0.2) is 0 Å². The molecule has 0 aliphatic carbocycles. The minimum absolute atomic E-state index is 0.304. The maximum Gasteiger partial charge on any atom is 0.203 e. The van der Waals surface area contributed by atoms with Gasteiger partial charge in [-0.2, -0.15) is 0 Å². The van der Waals surface area contributed by atoms with Gasteiger partial charge < -0.3 is 34.3 Å². The highest BCUT2D eigenvalue weighted by Crippen LogP contribution is 2.39. The van der Waals surface area contributed by atoms with Gasteiger partial charge >= 0.3 is 0 Å². The van der Waals surface area contributed by atoms with E-state index in [1.165, 1.54) is 0 Å². The van der Waals surface area contributed by atoms with Crippen LogP contribution in [0.1, 0.15) is 5.56 Å². The molecule has 2 aromatic carbocycles. The maximum absolute atomic E-state index is 5.39. The summed E-state index contributed by atoms with van der Waals surface area (Å²) in [6, 6.07) is 9.15. The molecule has 0 atom stereocenters. The quantitative estimate of drug-likeness (QED) is 0.315. The number of rotatable bonds is 9. The summed E-state index contributed by atoms with van der Waals surface area (Å²) in [5.41, 5.74) is 7.34. The first kappa shape index (κ1) is 25.1. The largest absolute Gasteiger partial charge is 0.497 e. The van der Waals surface area contributed by atoms with Crippen LogP contribution >= 0.6 is 24.4 Å². The van der Waals surface area contributed by atoms with Gasteiger partial charge in [-0.1, -0.05) is 0 Å². The van der Waals surface area contributed by atoms with E-state index in [0.29, 0.717) is 46.1 Å². The predicted octanol–water partition coefficient (Wildman–Crippen LogP) is 2.64. The number of ether oxygens (including phenoxy) is 5. The molecular weight excluding hydrogens is 452 g/mol. The van der Waals surface area contributed by atoms with E-state index in [9.17, 15) is 0 Å². The van der Waals surface area contributed by atoms with Crippen molar-refractivity contribution in [2.24, 2.45) is 0 Å². The zero-order valence-corrected chi connectivity index (χ0v) is 20.3. The van der Waals surface area contributed by atoms with E-state index in [1.807, 2.05) is 18.2 Å². The third-order valence-electron chi connectivity index (χ3n) is 4.38. The highest BCUT2D eigenvalue weighted by Gasteiger charge is 2.14. The number of hydrazine groups is 1. The van der Waals surface area contributed by atoms with Gasteiger partial charge in [0.05, 0.1) is 35.5 Å². The molecule has 0 heterocycles. The molecule has 0 amide bonds. The molecule has 0 unspecified atom stereocenters. The SMILES string of the molecule is COc1ccc(OC)c(CCNC(=S)NNC(=S)Nc2cc(OC)c(OC)c(OC)c2)c1. The fourth-order valence-electron chi connectivity index (χ4n) is 2.86. The number of nitrogens with one attached hydrogen (secondary N) is 4. The molecule has 2 aromatic rings. The third-order valence-corrected chi connectivity index (χ3v) is 4.83. The molecule has 2 rings (SSSR count). The highest BCUT2D eigenvalue weighted by molar-refractivity contribution is 7.80. The summed E-state index contributed by atoms with van der Waals surface area (Å²) in [5.74, 6) is 3.08. The molecule has 0 aliphatic rings. The van der Waals surface area contributed by atoms with E-state index in [0.717, 1.165) is 17.1 Å². The molecule has 32 heavy (non-hydrogen) atoms. The van der Waals surface area contributed by atoms with Crippen molar-refractivity contribution in [1.82, 2.24) is 16.2 Å². The molecule has 0 fully saturated rings. The van der Waals surface area contributed by atoms with Gasteiger partial charge in [0.25, 0.3) is 0 Å². The Balaban J connectivity index is 1.84. The van der Waals surface area contributed by atoms with Gasteiger partial charge in [0, 0.05) is 24.4 Å². The Morgan fingerprint density at radius 2 is 1.38 bits per heavy atom. The van der Waals surface area contributed by atoms with Crippen LogP contribution in [-0.2, 0) is 6.42 Å². The van der Waals surface area contributed by atoms with Crippen LogP contribution in [0.25, 0.3) is 0 Å². The van der Waals surface area contributed by atoms with Crippen molar-refractivity contribution in [1.29, 1.82) is 0 Å². The Bertz CT molecular complexity index is 917. The van der Waals surface area contributed by atoms with Gasteiger partial charge in [-0.05, 0) is 54.6 Å². The Morgan fingerprint density at radius 1 is 0.750 bits per heavy atom. The lowest BCUT2D eigenvalue weighted by Crippen LogP contribution is -2.48. The number of hydrogen-bond acceptors (Lipinski definition) is 7. The third kappa shape index (κ3) is 6.92. The second kappa shape index (κ2) is 12.6. The minimum atomic E-state index is 0.304. The molecule has 174 valence electrons. The summed E-state index contributed by atoms with van der Waals surface area (Å²) in [7, 11) is 7.90. The smallest absolute Gasteiger partial charge is 0.203 e. The Labute approximate surface area is 198 Å². The van der Waals surface area contributed by atoms with Crippen LogP contribution in [0.4, 0.5) is 5.69 Å². The van der Waals surface area contributed by atoms with Crippen molar-refractivity contribution in [2.45, 2.75) is 6.42 Å². The van der Waals surface area contributed by atoms with Crippen molar-refractivity contribution < 1.29 is 23.7 Å². The standard InChI is InChI=1S/C21H28N4O5S2/c1-26-15-6-7-16(27-2)13(10-15)8-9-22-20(31)24-25-21(32)23-14-11-17(28-3)19(30-5)18(12-14)29-4/h6-7,10-12H,8-9H2,1-5H3,(H2,22,24,31)(H2,23,25,32). The lowest BCUT2D eigenvalue weighted by molar-refractivity contribution is 0.324. The fourth-order valence-corrected chi connectivity index (χ4v) is 3.18. The fraction of sp³-hybridized carbons (Fsp3) is 0.333. The summed E-state index contributed by atoms with van der Waals surface area (Å²) in [5, 5.41) is 6.83. The zero-order chi connectivity index (χ0) is 23.5. The Kier molecular flexibility index (Phi) is 9.89. The van der Waals surface area contributed by atoms with E-state index in [4.69, 9.17) is 48.1 Å². The van der Waals surface area contributed by atoms with Crippen molar-refractivity contribution in [3.63, 3.8) is 0 Å². The molecule has 0 bridgehead atoms. The lowest BCUT2D eigenvalue weighted by atomic mass is 10.1. The van der Waals surface area contributed by atoms with Crippen molar-refractivity contribution in [2.75, 3.05) is 47.4 Å². The molecule has 0 radical (unpaired) electrons. The molecule has 0 saturated carbocycles. The van der Waals surface area contributed by atoms with E-state index in [1.54, 1.807) is 47.7 Å². The molecule has 4 N–H and O–H groups in total. The summed E-state index contributed by atoms with van der Waals surface area (Å²) >= 11 is 10.6. The number of hydrogen-bond donors (Lipinski definition) is 4. The topological polar surface area (TPSA) is 94.3 Å². The first-order valence-electron chi connectivity index (χ1n) is 9.57. The van der Waals surface area contributed by atoms with Gasteiger partial charge in [-0.3, -0.25) is 10.9 Å². The Morgan fingerprint density at radius 3 is 1.94 bits per heavy atom. The van der Waals surface area contributed by atoms with Gasteiger partial charge in [0.15, 0.2) is 21.7 Å². The first-order valence-corrected chi connectivity index (χ1v) is 10.4. The lowest BCUT2D eigenvalue weighted by Gasteiger charge is -2.17. The van der Waals surface area contributed by atoms with Crippen LogP contribution in [0.15, 0.2) is 30.3 Å². The van der Waals surface area contributed by atoms with E-state index >= 15 is 0 Å². The predicted molar refractivity (Wildman–Crippen MR) is 132 cm³/mol. The molecular formula is C21H28N4O5S2. The normalized spacial score (nSPS) is 9.91. The van der Waals surface area contributed by atoms with Gasteiger partial charge in [0.1, 0.15) is 11.5 Å². The number of methoxy groups -OCH3 is 5. The minimum Gasteiger partial charge on any atom is -0.497 e. The van der Waals surface area contributed by atoms with Crippen LogP contribution in [-0.4, -0.2) is 52.3 Å². The summed E-state index contributed by atoms with van der Waals surface area (Å²) < 4.78 is 26.7. The van der Waals surface area contributed by atoms with Crippen LogP contribution in [0.5, 0.6) is 28.7 Å². The molecule has 11 heteroatoms. The molecule has 0 saturated heterocycles. The zero-order valence-electron chi connectivity index (χ0n) is 18.7. The number of thiocarbonyl (C=S) groups is 2. The monoisotopic (exact) mass is 480 g/mol. The van der Waals surface area contributed by atoms with Crippen molar-refractivity contribution >= 4 is 40.3 Å². The molecule has 0 spiro atoms. The van der Waals surface area contributed by atoms with Crippen LogP contribution in [0, 0.1) is 0 Å². The summed E-state index contributed by atoms with van der Waals surface area (Å²) in [4.78, 5) is 0. The Hall–Kier alpha value is -3.18. The maximum atomic E-state index is 5.39. The number of anilines is 1. The average molecular weight is 481 g/mol. The molecule has 0 aliphatic heterocycles. The summed E-state index contributed by atoms with van der Waals surface area (Å²) in [6.07, 6.45) is 0.691. The second-order valence-electron chi connectivity index (χ2n) is 6.30. The highest BCUT2D eigenvalue weighted by atomic mass is 32.1. The van der Waals surface area contributed by atoms with Gasteiger partial charge in [0.2, 0.25) is 5.75 Å². The van der Waals surface area contributed by atoms with Crippen LogP contribution in [0.3, 0.4) is 0 Å². The van der Waals surface area contributed by atoms with Crippen molar-refractivity contribution in [3.8, 4) is 28.7 Å². The molecule has 9 nitrogen and oxygen atoms in total. The van der Waals surface area contributed by atoms with Gasteiger partial charge in [-0.15, -0.1) is 0 Å². The summed E-state index contributed by atoms with van der Waals surface area (Å²) in [6.45, 7) is 0.587.